The summed E-state index contributed by atoms with van der Waals surface area (Å²) in [6.07, 6.45) is 2.68. The van der Waals surface area contributed by atoms with Crippen LogP contribution < -0.4 is 5.32 Å². The maximum absolute atomic E-state index is 12.7. The van der Waals surface area contributed by atoms with Crippen molar-refractivity contribution < 1.29 is 19.1 Å². The second kappa shape index (κ2) is 6.03. The number of amides is 1. The van der Waals surface area contributed by atoms with Crippen molar-refractivity contribution in [1.29, 1.82) is 0 Å². The second-order valence-electron chi connectivity index (χ2n) is 5.34. The molecule has 2 rings (SSSR count). The SMILES string of the molecule is O=C(CC1(C(=O)O)CCC1)NCCc1ccc(F)cc1. The molecule has 1 aromatic carbocycles. The molecule has 0 aliphatic heterocycles. The average Bonchev–Trinajstić information content (AvgIpc) is 2.36. The molecule has 0 spiro atoms. The molecule has 0 unspecified atom stereocenters. The third kappa shape index (κ3) is 3.35. The van der Waals surface area contributed by atoms with Gasteiger partial charge >= 0.3 is 5.97 Å². The predicted molar refractivity (Wildman–Crippen MR) is 71.7 cm³/mol. The van der Waals surface area contributed by atoms with E-state index >= 15 is 0 Å². The van der Waals surface area contributed by atoms with Gasteiger partial charge in [-0.1, -0.05) is 18.6 Å². The monoisotopic (exact) mass is 279 g/mol. The minimum atomic E-state index is -0.877. The first-order chi connectivity index (χ1) is 9.52. The first-order valence-electron chi connectivity index (χ1n) is 6.76. The molecule has 1 aliphatic carbocycles. The number of carbonyl (C=O) groups excluding carboxylic acids is 1. The number of rotatable bonds is 6. The first-order valence-corrected chi connectivity index (χ1v) is 6.76. The lowest BCUT2D eigenvalue weighted by molar-refractivity contribution is -0.157. The van der Waals surface area contributed by atoms with Crippen molar-refractivity contribution in [2.45, 2.75) is 32.1 Å². The maximum atomic E-state index is 12.7. The Hall–Kier alpha value is -1.91. The van der Waals surface area contributed by atoms with Crippen LogP contribution in [0, 0.1) is 11.2 Å². The summed E-state index contributed by atoms with van der Waals surface area (Å²) in [6, 6.07) is 6.11. The summed E-state index contributed by atoms with van der Waals surface area (Å²) < 4.78 is 12.7. The lowest BCUT2D eigenvalue weighted by Crippen LogP contribution is -2.42. The van der Waals surface area contributed by atoms with E-state index in [0.717, 1.165) is 12.0 Å². The molecular formula is C15H18FNO3. The summed E-state index contributed by atoms with van der Waals surface area (Å²) in [5, 5.41) is 11.9. The van der Waals surface area contributed by atoms with Crippen molar-refractivity contribution in [3.8, 4) is 0 Å². The van der Waals surface area contributed by atoms with Crippen LogP contribution in [0.5, 0.6) is 0 Å². The van der Waals surface area contributed by atoms with E-state index in [2.05, 4.69) is 5.32 Å². The van der Waals surface area contributed by atoms with Crippen molar-refractivity contribution in [2.24, 2.45) is 5.41 Å². The molecule has 0 aromatic heterocycles. The minimum Gasteiger partial charge on any atom is -0.481 e. The zero-order valence-corrected chi connectivity index (χ0v) is 11.2. The Kier molecular flexibility index (Phi) is 4.37. The van der Waals surface area contributed by atoms with Crippen LogP contribution in [0.4, 0.5) is 4.39 Å². The van der Waals surface area contributed by atoms with E-state index in [1.165, 1.54) is 12.1 Å². The molecule has 5 heteroatoms. The van der Waals surface area contributed by atoms with Gasteiger partial charge in [-0.15, -0.1) is 0 Å². The molecule has 1 fully saturated rings. The first kappa shape index (κ1) is 14.5. The summed E-state index contributed by atoms with van der Waals surface area (Å²) in [4.78, 5) is 22.9. The van der Waals surface area contributed by atoms with Gasteiger partial charge in [0.2, 0.25) is 5.91 Å². The smallest absolute Gasteiger partial charge is 0.310 e. The Balaban J connectivity index is 1.75. The second-order valence-corrected chi connectivity index (χ2v) is 5.34. The van der Waals surface area contributed by atoms with E-state index in [1.807, 2.05) is 0 Å². The van der Waals surface area contributed by atoms with Gasteiger partial charge in [-0.3, -0.25) is 9.59 Å². The molecular weight excluding hydrogens is 261 g/mol. The number of aliphatic carboxylic acids is 1. The fraction of sp³-hybridized carbons (Fsp3) is 0.467. The number of halogens is 1. The number of carboxylic acid groups (broad SMARTS) is 1. The van der Waals surface area contributed by atoms with Crippen LogP contribution in [0.25, 0.3) is 0 Å². The summed E-state index contributed by atoms with van der Waals surface area (Å²) >= 11 is 0. The average molecular weight is 279 g/mol. The molecule has 1 aromatic rings. The number of benzene rings is 1. The number of hydrogen-bond acceptors (Lipinski definition) is 2. The topological polar surface area (TPSA) is 66.4 Å². The van der Waals surface area contributed by atoms with Crippen molar-refractivity contribution in [2.75, 3.05) is 6.54 Å². The zero-order chi connectivity index (χ0) is 14.6. The van der Waals surface area contributed by atoms with Crippen LogP contribution in [-0.2, 0) is 16.0 Å². The Morgan fingerprint density at radius 3 is 2.40 bits per heavy atom. The van der Waals surface area contributed by atoms with E-state index < -0.39 is 11.4 Å². The van der Waals surface area contributed by atoms with Crippen LogP contribution in [-0.4, -0.2) is 23.5 Å². The maximum Gasteiger partial charge on any atom is 0.310 e. The number of carboxylic acids is 1. The highest BCUT2D eigenvalue weighted by Crippen LogP contribution is 2.44. The van der Waals surface area contributed by atoms with E-state index in [9.17, 15) is 14.0 Å². The third-order valence-corrected chi connectivity index (χ3v) is 3.91. The summed E-state index contributed by atoms with van der Waals surface area (Å²) in [5.41, 5.74) is 0.0863. The molecule has 108 valence electrons. The zero-order valence-electron chi connectivity index (χ0n) is 11.2. The summed E-state index contributed by atoms with van der Waals surface area (Å²) in [5.74, 6) is -1.39. The molecule has 2 N–H and O–H groups in total. The van der Waals surface area contributed by atoms with Gasteiger partial charge in [0.1, 0.15) is 5.82 Å². The van der Waals surface area contributed by atoms with Gasteiger partial charge in [0.15, 0.2) is 0 Å². The minimum absolute atomic E-state index is 0.0474. The highest BCUT2D eigenvalue weighted by molar-refractivity contribution is 5.85. The van der Waals surface area contributed by atoms with Crippen LogP contribution in [0.3, 0.4) is 0 Å². The Morgan fingerprint density at radius 2 is 1.90 bits per heavy atom. The van der Waals surface area contributed by atoms with E-state index in [0.29, 0.717) is 25.8 Å². The molecule has 0 atom stereocenters. The fourth-order valence-corrected chi connectivity index (χ4v) is 2.44. The van der Waals surface area contributed by atoms with Gasteiger partial charge in [-0.25, -0.2) is 4.39 Å². The normalized spacial score (nSPS) is 16.2. The van der Waals surface area contributed by atoms with E-state index in [-0.39, 0.29) is 18.1 Å². The van der Waals surface area contributed by atoms with Gasteiger partial charge in [0.25, 0.3) is 0 Å². The molecule has 20 heavy (non-hydrogen) atoms. The van der Waals surface area contributed by atoms with Crippen molar-refractivity contribution in [3.63, 3.8) is 0 Å². The fourth-order valence-electron chi connectivity index (χ4n) is 2.44. The van der Waals surface area contributed by atoms with Crippen LogP contribution in [0.2, 0.25) is 0 Å². The summed E-state index contributed by atoms with van der Waals surface area (Å²) in [7, 11) is 0. The highest BCUT2D eigenvalue weighted by atomic mass is 19.1. The molecule has 0 radical (unpaired) electrons. The lowest BCUT2D eigenvalue weighted by atomic mass is 9.66. The van der Waals surface area contributed by atoms with Crippen LogP contribution >= 0.6 is 0 Å². The molecule has 0 saturated heterocycles. The molecule has 1 aliphatic rings. The van der Waals surface area contributed by atoms with Crippen LogP contribution in [0.1, 0.15) is 31.2 Å². The third-order valence-electron chi connectivity index (χ3n) is 3.91. The van der Waals surface area contributed by atoms with Gasteiger partial charge < -0.3 is 10.4 Å². The highest BCUT2D eigenvalue weighted by Gasteiger charge is 2.45. The van der Waals surface area contributed by atoms with E-state index in [4.69, 9.17) is 5.11 Å². The lowest BCUT2D eigenvalue weighted by Gasteiger charge is -2.36. The molecule has 4 nitrogen and oxygen atoms in total. The molecule has 0 heterocycles. The van der Waals surface area contributed by atoms with E-state index in [1.54, 1.807) is 12.1 Å². The standard InChI is InChI=1S/C15H18FNO3/c16-12-4-2-11(3-5-12)6-9-17-13(18)10-15(14(19)20)7-1-8-15/h2-5H,1,6-10H2,(H,17,18)(H,19,20). The van der Waals surface area contributed by atoms with Crippen molar-refractivity contribution >= 4 is 11.9 Å². The molecule has 0 bridgehead atoms. The Labute approximate surface area is 117 Å². The van der Waals surface area contributed by atoms with Gasteiger partial charge in [0.05, 0.1) is 5.41 Å². The van der Waals surface area contributed by atoms with Crippen molar-refractivity contribution in [1.82, 2.24) is 5.32 Å². The Bertz CT molecular complexity index is 494. The molecule has 1 amide bonds. The van der Waals surface area contributed by atoms with Gasteiger partial charge in [-0.05, 0) is 37.0 Å². The molecule has 1 saturated carbocycles. The largest absolute Gasteiger partial charge is 0.481 e. The predicted octanol–water partition coefficient (Wildman–Crippen LogP) is 2.13. The van der Waals surface area contributed by atoms with Crippen LogP contribution in [0.15, 0.2) is 24.3 Å². The number of hydrogen-bond donors (Lipinski definition) is 2. The number of nitrogens with one attached hydrogen (secondary N) is 1. The number of carbonyl (C=O) groups is 2. The van der Waals surface area contributed by atoms with Gasteiger partial charge in [-0.2, -0.15) is 0 Å². The quantitative estimate of drug-likeness (QED) is 0.838. The summed E-state index contributed by atoms with van der Waals surface area (Å²) in [6.45, 7) is 0.431. The van der Waals surface area contributed by atoms with Gasteiger partial charge in [0, 0.05) is 13.0 Å². The Morgan fingerprint density at radius 1 is 1.25 bits per heavy atom. The van der Waals surface area contributed by atoms with Crippen molar-refractivity contribution in [3.05, 3.63) is 35.6 Å².